The molecule has 70 valence electrons. The highest BCUT2D eigenvalue weighted by molar-refractivity contribution is 5.54. The van der Waals surface area contributed by atoms with E-state index in [1.807, 2.05) is 19.1 Å². The summed E-state index contributed by atoms with van der Waals surface area (Å²) in [5.41, 5.74) is 2.35. The van der Waals surface area contributed by atoms with Crippen LogP contribution >= 0.6 is 0 Å². The van der Waals surface area contributed by atoms with Crippen molar-refractivity contribution in [3.8, 4) is 11.4 Å². The zero-order valence-electron chi connectivity index (χ0n) is 7.74. The molecule has 0 amide bonds. The van der Waals surface area contributed by atoms with Gasteiger partial charge in [0, 0.05) is 18.5 Å². The van der Waals surface area contributed by atoms with Gasteiger partial charge in [0.15, 0.2) is 0 Å². The third-order valence-corrected chi connectivity index (χ3v) is 1.90. The minimum absolute atomic E-state index is 0.293. The summed E-state index contributed by atoms with van der Waals surface area (Å²) in [4.78, 5) is 8.17. The van der Waals surface area contributed by atoms with Crippen LogP contribution in [0.2, 0.25) is 0 Å². The molecule has 2 aromatic rings. The summed E-state index contributed by atoms with van der Waals surface area (Å²) in [5, 5.41) is 0. The van der Waals surface area contributed by atoms with Crippen molar-refractivity contribution >= 4 is 0 Å². The lowest BCUT2D eigenvalue weighted by molar-refractivity contribution is 0.626. The molecule has 0 aliphatic heterocycles. The maximum atomic E-state index is 12.9. The van der Waals surface area contributed by atoms with Crippen molar-refractivity contribution in [2.24, 2.45) is 0 Å². The third kappa shape index (κ3) is 1.76. The van der Waals surface area contributed by atoms with Gasteiger partial charge in [-0.05, 0) is 30.7 Å². The molecule has 0 aromatic carbocycles. The fourth-order valence-corrected chi connectivity index (χ4v) is 1.22. The second-order valence-electron chi connectivity index (χ2n) is 3.08. The monoisotopic (exact) mass is 188 g/mol. The maximum absolute atomic E-state index is 12.9. The molecule has 2 rings (SSSR count). The topological polar surface area (TPSA) is 25.8 Å². The quantitative estimate of drug-likeness (QED) is 0.687. The second-order valence-corrected chi connectivity index (χ2v) is 3.08. The van der Waals surface area contributed by atoms with E-state index in [1.165, 1.54) is 18.3 Å². The molecule has 3 heteroatoms. The molecule has 0 atom stereocenters. The third-order valence-electron chi connectivity index (χ3n) is 1.90. The highest BCUT2D eigenvalue weighted by atomic mass is 19.1. The lowest BCUT2D eigenvalue weighted by Gasteiger charge is -2.00. The van der Waals surface area contributed by atoms with E-state index in [0.29, 0.717) is 11.4 Å². The van der Waals surface area contributed by atoms with Crippen LogP contribution in [0.5, 0.6) is 0 Å². The van der Waals surface area contributed by atoms with Crippen molar-refractivity contribution in [2.45, 2.75) is 6.92 Å². The zero-order chi connectivity index (χ0) is 9.97. The number of pyridine rings is 2. The summed E-state index contributed by atoms with van der Waals surface area (Å²) >= 11 is 0. The lowest BCUT2D eigenvalue weighted by atomic mass is 10.2. The van der Waals surface area contributed by atoms with Crippen molar-refractivity contribution < 1.29 is 4.39 Å². The number of aromatic nitrogens is 2. The highest BCUT2D eigenvalue weighted by Gasteiger charge is 2.01. The Morgan fingerprint density at radius 3 is 2.29 bits per heavy atom. The molecule has 0 saturated carbocycles. The van der Waals surface area contributed by atoms with Crippen LogP contribution in [0.25, 0.3) is 11.4 Å². The fourth-order valence-electron chi connectivity index (χ4n) is 1.22. The Kier molecular flexibility index (Phi) is 2.23. The Balaban J connectivity index is 2.49. The van der Waals surface area contributed by atoms with Gasteiger partial charge in [-0.1, -0.05) is 0 Å². The minimum Gasteiger partial charge on any atom is -0.255 e. The normalized spacial score (nSPS) is 10.1. The highest BCUT2D eigenvalue weighted by Crippen LogP contribution is 2.15. The van der Waals surface area contributed by atoms with Gasteiger partial charge in [0.25, 0.3) is 0 Å². The van der Waals surface area contributed by atoms with Gasteiger partial charge in [-0.15, -0.1) is 0 Å². The molecular formula is C11H9FN2. The van der Waals surface area contributed by atoms with Gasteiger partial charge in [-0.3, -0.25) is 9.97 Å². The Hall–Kier alpha value is -1.77. The van der Waals surface area contributed by atoms with E-state index in [9.17, 15) is 4.39 Å². The van der Waals surface area contributed by atoms with Crippen LogP contribution < -0.4 is 0 Å². The average Bonchev–Trinajstić information content (AvgIpc) is 2.18. The molecular weight excluding hydrogens is 179 g/mol. The molecule has 0 N–H and O–H groups in total. The Labute approximate surface area is 81.5 Å². The molecule has 0 bridgehead atoms. The SMILES string of the molecule is Cc1ccnc(-c2cc(F)ccn2)c1. The fraction of sp³-hybridized carbons (Fsp3) is 0.0909. The maximum Gasteiger partial charge on any atom is 0.126 e. The minimum atomic E-state index is -0.293. The second kappa shape index (κ2) is 3.54. The number of hydrogen-bond donors (Lipinski definition) is 0. The zero-order valence-corrected chi connectivity index (χ0v) is 7.74. The van der Waals surface area contributed by atoms with Crippen LogP contribution in [0.15, 0.2) is 36.7 Å². The van der Waals surface area contributed by atoms with Crippen LogP contribution in [0, 0.1) is 12.7 Å². The number of rotatable bonds is 1. The van der Waals surface area contributed by atoms with Gasteiger partial charge in [0.2, 0.25) is 0 Å². The van der Waals surface area contributed by atoms with Gasteiger partial charge in [-0.25, -0.2) is 4.39 Å². The summed E-state index contributed by atoms with van der Waals surface area (Å²) in [7, 11) is 0. The Morgan fingerprint density at radius 2 is 1.64 bits per heavy atom. The molecule has 2 heterocycles. The first-order chi connectivity index (χ1) is 6.75. The molecule has 0 aliphatic carbocycles. The Bertz CT molecular complexity index is 411. The van der Waals surface area contributed by atoms with Gasteiger partial charge < -0.3 is 0 Å². The predicted octanol–water partition coefficient (Wildman–Crippen LogP) is 2.59. The lowest BCUT2D eigenvalue weighted by Crippen LogP contribution is -1.88. The molecule has 0 radical (unpaired) electrons. The van der Waals surface area contributed by atoms with Crippen molar-refractivity contribution in [3.05, 3.63) is 48.0 Å². The van der Waals surface area contributed by atoms with Crippen LogP contribution in [0.3, 0.4) is 0 Å². The van der Waals surface area contributed by atoms with Crippen LogP contribution in [0.1, 0.15) is 5.56 Å². The van der Waals surface area contributed by atoms with Crippen molar-refractivity contribution in [2.75, 3.05) is 0 Å². The van der Waals surface area contributed by atoms with E-state index in [4.69, 9.17) is 0 Å². The number of hydrogen-bond acceptors (Lipinski definition) is 2. The van der Waals surface area contributed by atoms with E-state index < -0.39 is 0 Å². The molecule has 2 nitrogen and oxygen atoms in total. The van der Waals surface area contributed by atoms with Crippen molar-refractivity contribution in [1.82, 2.24) is 9.97 Å². The number of nitrogens with zero attached hydrogens (tertiary/aromatic N) is 2. The van der Waals surface area contributed by atoms with E-state index in [1.54, 1.807) is 6.20 Å². The summed E-state index contributed by atoms with van der Waals surface area (Å²) < 4.78 is 12.9. The summed E-state index contributed by atoms with van der Waals surface area (Å²) in [6.07, 6.45) is 3.13. The molecule has 0 unspecified atom stereocenters. The van der Waals surface area contributed by atoms with Crippen LogP contribution in [-0.2, 0) is 0 Å². The average molecular weight is 188 g/mol. The Morgan fingerprint density at radius 1 is 1.00 bits per heavy atom. The summed E-state index contributed by atoms with van der Waals surface area (Å²) in [6, 6.07) is 6.46. The van der Waals surface area contributed by atoms with E-state index in [-0.39, 0.29) is 5.82 Å². The number of halogens is 1. The molecule has 14 heavy (non-hydrogen) atoms. The summed E-state index contributed by atoms with van der Waals surface area (Å²) in [6.45, 7) is 1.96. The van der Waals surface area contributed by atoms with Crippen LogP contribution in [-0.4, -0.2) is 9.97 Å². The van der Waals surface area contributed by atoms with E-state index in [2.05, 4.69) is 9.97 Å². The van der Waals surface area contributed by atoms with E-state index in [0.717, 1.165) is 5.56 Å². The first-order valence-corrected chi connectivity index (χ1v) is 4.30. The van der Waals surface area contributed by atoms with E-state index >= 15 is 0 Å². The first-order valence-electron chi connectivity index (χ1n) is 4.30. The predicted molar refractivity (Wildman–Crippen MR) is 52.2 cm³/mol. The first kappa shape index (κ1) is 8.81. The number of aryl methyl sites for hydroxylation is 1. The molecule has 2 aromatic heterocycles. The molecule has 0 aliphatic rings. The van der Waals surface area contributed by atoms with Crippen molar-refractivity contribution in [1.29, 1.82) is 0 Å². The standard InChI is InChI=1S/C11H9FN2/c1-8-2-4-13-10(6-8)11-7-9(12)3-5-14-11/h2-7H,1H3. The smallest absolute Gasteiger partial charge is 0.126 e. The van der Waals surface area contributed by atoms with Gasteiger partial charge in [0.05, 0.1) is 11.4 Å². The van der Waals surface area contributed by atoms with Crippen molar-refractivity contribution in [3.63, 3.8) is 0 Å². The van der Waals surface area contributed by atoms with Gasteiger partial charge in [0.1, 0.15) is 5.82 Å². The molecule has 0 spiro atoms. The largest absolute Gasteiger partial charge is 0.255 e. The van der Waals surface area contributed by atoms with Gasteiger partial charge in [-0.2, -0.15) is 0 Å². The van der Waals surface area contributed by atoms with Crippen LogP contribution in [0.4, 0.5) is 4.39 Å². The molecule has 0 fully saturated rings. The summed E-state index contributed by atoms with van der Waals surface area (Å²) in [5.74, 6) is -0.293. The van der Waals surface area contributed by atoms with Gasteiger partial charge >= 0.3 is 0 Å². The molecule has 0 saturated heterocycles.